The van der Waals surface area contributed by atoms with E-state index >= 15 is 0 Å². The van der Waals surface area contributed by atoms with Gasteiger partial charge in [-0.15, -0.1) is 0 Å². The highest BCUT2D eigenvalue weighted by atomic mass is 19.4. The third kappa shape index (κ3) is 5.35. The first-order valence-electron chi connectivity index (χ1n) is 8.62. The van der Waals surface area contributed by atoms with Crippen LogP contribution in [0.3, 0.4) is 0 Å². The van der Waals surface area contributed by atoms with Crippen LogP contribution in [0.5, 0.6) is 5.88 Å². The van der Waals surface area contributed by atoms with Crippen LogP contribution in [-0.4, -0.2) is 36.8 Å². The van der Waals surface area contributed by atoms with Crippen LogP contribution >= 0.6 is 0 Å². The highest BCUT2D eigenvalue weighted by Gasteiger charge is 2.28. The molecule has 1 N–H and O–H groups in total. The Hall–Kier alpha value is -2.77. The van der Waals surface area contributed by atoms with Gasteiger partial charge in [0.15, 0.2) is 6.61 Å². The first-order chi connectivity index (χ1) is 12.8. The number of rotatable bonds is 5. The van der Waals surface area contributed by atoms with Crippen molar-refractivity contribution < 1.29 is 22.7 Å². The van der Waals surface area contributed by atoms with Gasteiger partial charge in [0.25, 0.3) is 5.91 Å². The van der Waals surface area contributed by atoms with Crippen LogP contribution in [0.1, 0.15) is 23.7 Å². The lowest BCUT2D eigenvalue weighted by molar-refractivity contribution is -0.154. The Kier molecular flexibility index (Phi) is 5.53. The van der Waals surface area contributed by atoms with E-state index in [9.17, 15) is 18.0 Å². The molecular weight excluding hydrogens is 359 g/mol. The molecule has 1 aliphatic rings. The van der Waals surface area contributed by atoms with Crippen molar-refractivity contribution in [2.75, 3.05) is 29.9 Å². The average molecular weight is 379 g/mol. The molecule has 0 bridgehead atoms. The first kappa shape index (κ1) is 19.0. The minimum atomic E-state index is -4.43. The van der Waals surface area contributed by atoms with Crippen LogP contribution in [0.4, 0.5) is 24.5 Å². The Morgan fingerprint density at radius 3 is 2.56 bits per heavy atom. The molecule has 1 amide bonds. The van der Waals surface area contributed by atoms with Crippen molar-refractivity contribution in [2.24, 2.45) is 5.92 Å². The number of nitrogens with zero attached hydrogens (tertiary/aromatic N) is 2. The molecule has 1 atom stereocenters. The summed E-state index contributed by atoms with van der Waals surface area (Å²) in [7, 11) is 0. The third-order valence-electron chi connectivity index (χ3n) is 4.30. The normalized spacial score (nSPS) is 17.0. The van der Waals surface area contributed by atoms with E-state index in [1.807, 2.05) is 24.3 Å². The van der Waals surface area contributed by atoms with Crippen LogP contribution < -0.4 is 15.0 Å². The van der Waals surface area contributed by atoms with Crippen LogP contribution in [0, 0.1) is 5.92 Å². The Balaban J connectivity index is 1.57. The second-order valence-electron chi connectivity index (χ2n) is 6.63. The SMILES string of the molecule is CC1CCN(c2ccc(NC(=O)c3ccc(OCC(F)(F)F)nc3)cc2)C1. The number of ether oxygens (including phenoxy) is 1. The van der Waals surface area contributed by atoms with Gasteiger partial charge in [0.2, 0.25) is 5.88 Å². The fourth-order valence-corrected chi connectivity index (χ4v) is 2.88. The summed E-state index contributed by atoms with van der Waals surface area (Å²) < 4.78 is 40.9. The molecule has 0 radical (unpaired) electrons. The van der Waals surface area contributed by atoms with E-state index in [1.165, 1.54) is 24.8 Å². The quantitative estimate of drug-likeness (QED) is 0.849. The van der Waals surface area contributed by atoms with Gasteiger partial charge in [0.05, 0.1) is 5.56 Å². The lowest BCUT2D eigenvalue weighted by Gasteiger charge is -2.18. The summed E-state index contributed by atoms with van der Waals surface area (Å²) in [5.74, 6) is 0.0976. The molecule has 27 heavy (non-hydrogen) atoms. The summed E-state index contributed by atoms with van der Waals surface area (Å²) in [4.78, 5) is 18.3. The molecule has 5 nitrogen and oxygen atoms in total. The maximum Gasteiger partial charge on any atom is 0.422 e. The summed E-state index contributed by atoms with van der Waals surface area (Å²) >= 11 is 0. The smallest absolute Gasteiger partial charge is 0.422 e. The topological polar surface area (TPSA) is 54.5 Å². The number of carbonyl (C=O) groups excluding carboxylic acids is 1. The molecule has 0 spiro atoms. The molecule has 0 saturated carbocycles. The molecular formula is C19H20F3N3O2. The zero-order chi connectivity index (χ0) is 19.4. The van der Waals surface area contributed by atoms with Crippen molar-refractivity contribution in [3.8, 4) is 5.88 Å². The maximum absolute atomic E-state index is 12.2. The van der Waals surface area contributed by atoms with Gasteiger partial charge >= 0.3 is 6.18 Å². The fraction of sp³-hybridized carbons (Fsp3) is 0.368. The Labute approximate surface area is 155 Å². The van der Waals surface area contributed by atoms with Crippen LogP contribution in [0.25, 0.3) is 0 Å². The average Bonchev–Trinajstić information content (AvgIpc) is 3.07. The van der Waals surface area contributed by atoms with Crippen molar-refractivity contribution in [1.29, 1.82) is 0 Å². The maximum atomic E-state index is 12.2. The standard InChI is InChI=1S/C19H20F3N3O2/c1-13-8-9-25(11-13)16-5-3-15(4-6-16)24-18(26)14-2-7-17(23-10-14)27-12-19(20,21)22/h2-7,10,13H,8-9,11-12H2,1H3,(H,24,26). The first-order valence-corrected chi connectivity index (χ1v) is 8.62. The molecule has 1 saturated heterocycles. The van der Waals surface area contributed by atoms with Crippen molar-refractivity contribution in [2.45, 2.75) is 19.5 Å². The number of carbonyl (C=O) groups is 1. The summed E-state index contributed by atoms with van der Waals surface area (Å²) in [6.07, 6.45) is -2.08. The van der Waals surface area contributed by atoms with E-state index in [0.717, 1.165) is 18.8 Å². The van der Waals surface area contributed by atoms with Crippen molar-refractivity contribution in [1.82, 2.24) is 4.98 Å². The number of alkyl halides is 3. The molecule has 2 aromatic rings. The molecule has 1 unspecified atom stereocenters. The monoisotopic (exact) mass is 379 g/mol. The highest BCUT2D eigenvalue weighted by molar-refractivity contribution is 6.04. The number of halogens is 3. The Morgan fingerprint density at radius 2 is 2.00 bits per heavy atom. The fourth-order valence-electron chi connectivity index (χ4n) is 2.88. The molecule has 1 fully saturated rings. The van der Waals surface area contributed by atoms with Gasteiger partial charge in [-0.3, -0.25) is 4.79 Å². The van der Waals surface area contributed by atoms with Gasteiger partial charge in [0.1, 0.15) is 0 Å². The number of benzene rings is 1. The number of amides is 1. The molecule has 8 heteroatoms. The van der Waals surface area contributed by atoms with Gasteiger partial charge in [-0.05, 0) is 42.7 Å². The zero-order valence-corrected chi connectivity index (χ0v) is 14.8. The summed E-state index contributed by atoms with van der Waals surface area (Å²) in [5, 5.41) is 2.74. The van der Waals surface area contributed by atoms with Gasteiger partial charge in [-0.2, -0.15) is 13.2 Å². The molecule has 3 rings (SSSR count). The van der Waals surface area contributed by atoms with Crippen LogP contribution in [0.2, 0.25) is 0 Å². The Bertz CT molecular complexity index is 776. The van der Waals surface area contributed by atoms with Crippen molar-refractivity contribution >= 4 is 17.3 Å². The number of aromatic nitrogens is 1. The van der Waals surface area contributed by atoms with E-state index in [1.54, 1.807) is 0 Å². The number of pyridine rings is 1. The van der Waals surface area contributed by atoms with Gasteiger partial charge in [-0.25, -0.2) is 4.98 Å². The van der Waals surface area contributed by atoms with Crippen molar-refractivity contribution in [3.05, 3.63) is 48.2 Å². The molecule has 1 aliphatic heterocycles. The second-order valence-corrected chi connectivity index (χ2v) is 6.63. The van der Waals surface area contributed by atoms with Gasteiger partial charge in [-0.1, -0.05) is 6.92 Å². The number of hydrogen-bond acceptors (Lipinski definition) is 4. The van der Waals surface area contributed by atoms with Crippen molar-refractivity contribution in [3.63, 3.8) is 0 Å². The Morgan fingerprint density at radius 1 is 1.26 bits per heavy atom. The third-order valence-corrected chi connectivity index (χ3v) is 4.30. The lowest BCUT2D eigenvalue weighted by Crippen LogP contribution is -2.20. The molecule has 2 heterocycles. The minimum absolute atomic E-state index is 0.187. The van der Waals surface area contributed by atoms with E-state index in [-0.39, 0.29) is 11.4 Å². The van der Waals surface area contributed by atoms with E-state index in [4.69, 9.17) is 0 Å². The number of hydrogen-bond donors (Lipinski definition) is 1. The molecule has 1 aromatic carbocycles. The van der Waals surface area contributed by atoms with E-state index in [2.05, 4.69) is 26.9 Å². The predicted octanol–water partition coefficient (Wildman–Crippen LogP) is 4.12. The van der Waals surface area contributed by atoms with Gasteiger partial charge in [0, 0.05) is 36.7 Å². The van der Waals surface area contributed by atoms with Gasteiger partial charge < -0.3 is 15.0 Å². The predicted molar refractivity (Wildman–Crippen MR) is 96.2 cm³/mol. The second kappa shape index (κ2) is 7.85. The zero-order valence-electron chi connectivity index (χ0n) is 14.8. The van der Waals surface area contributed by atoms with E-state index in [0.29, 0.717) is 11.6 Å². The van der Waals surface area contributed by atoms with Crippen LogP contribution in [0.15, 0.2) is 42.6 Å². The van der Waals surface area contributed by atoms with E-state index < -0.39 is 18.7 Å². The molecule has 144 valence electrons. The lowest BCUT2D eigenvalue weighted by atomic mass is 10.2. The summed E-state index contributed by atoms with van der Waals surface area (Å²) in [6, 6.07) is 10.2. The largest absolute Gasteiger partial charge is 0.468 e. The highest BCUT2D eigenvalue weighted by Crippen LogP contribution is 2.25. The number of nitrogens with one attached hydrogen (secondary N) is 1. The molecule has 1 aromatic heterocycles. The summed E-state index contributed by atoms with van der Waals surface area (Å²) in [6.45, 7) is 2.86. The minimum Gasteiger partial charge on any atom is -0.468 e. The summed E-state index contributed by atoms with van der Waals surface area (Å²) in [5.41, 5.74) is 1.98. The molecule has 0 aliphatic carbocycles. The van der Waals surface area contributed by atoms with Crippen LogP contribution in [-0.2, 0) is 0 Å². The number of anilines is 2.